The van der Waals surface area contributed by atoms with Crippen molar-refractivity contribution >= 4 is 34.0 Å². The Kier molecular flexibility index (Phi) is 5.92. The molecule has 1 aliphatic heterocycles. The van der Waals surface area contributed by atoms with Gasteiger partial charge < -0.3 is 10.6 Å². The van der Waals surface area contributed by atoms with Crippen LogP contribution in [-0.4, -0.2) is 29.9 Å². The van der Waals surface area contributed by atoms with Crippen molar-refractivity contribution in [2.45, 2.75) is 40.2 Å². The van der Waals surface area contributed by atoms with E-state index >= 15 is 0 Å². The molecule has 1 aromatic carbocycles. The van der Waals surface area contributed by atoms with E-state index in [9.17, 15) is 9.59 Å². The number of aromatic nitrogens is 1. The Morgan fingerprint density at radius 3 is 2.81 bits per heavy atom. The number of carbonyl (C=O) groups excluding carboxylic acids is 2. The van der Waals surface area contributed by atoms with Gasteiger partial charge in [0.1, 0.15) is 12.2 Å². The van der Waals surface area contributed by atoms with Gasteiger partial charge in [0.25, 0.3) is 0 Å². The molecule has 2 amide bonds. The zero-order chi connectivity index (χ0) is 19.6. The number of quaternary nitrogens is 1. The molecule has 7 heteroatoms. The molecular formula is C20H27N4O2S+. The molecule has 1 aliphatic rings. The Balaban J connectivity index is 1.78. The first-order valence-electron chi connectivity index (χ1n) is 9.30. The second kappa shape index (κ2) is 8.19. The number of amides is 2. The number of aryl methyl sites for hydroxylation is 2. The fourth-order valence-corrected chi connectivity index (χ4v) is 4.63. The summed E-state index contributed by atoms with van der Waals surface area (Å²) in [6, 6.07) is 6.05. The number of hydrogen-bond donors (Lipinski definition) is 2. The molecular weight excluding hydrogens is 360 g/mol. The summed E-state index contributed by atoms with van der Waals surface area (Å²) in [5.74, 6) is -0.304. The summed E-state index contributed by atoms with van der Waals surface area (Å²) >= 11 is 1.48. The lowest BCUT2D eigenvalue weighted by Crippen LogP contribution is -3.12. The van der Waals surface area contributed by atoms with Crippen molar-refractivity contribution in [3.05, 3.63) is 40.4 Å². The van der Waals surface area contributed by atoms with Gasteiger partial charge in [-0.25, -0.2) is 4.98 Å². The van der Waals surface area contributed by atoms with E-state index in [1.165, 1.54) is 16.2 Å². The lowest BCUT2D eigenvalue weighted by Gasteiger charge is -2.27. The SMILES string of the molecule is CC(=O)N(c1nc(C[NH+]2CCC[C@H](C(N)=O)C2)cs1)c1ccc(C)cc1C. The molecule has 2 aromatic rings. The molecule has 0 spiro atoms. The van der Waals surface area contributed by atoms with E-state index in [0.717, 1.165) is 55.0 Å². The number of primary amides is 1. The fraction of sp³-hybridized carbons (Fsp3) is 0.450. The Morgan fingerprint density at radius 2 is 2.15 bits per heavy atom. The molecule has 3 rings (SSSR count). The average molecular weight is 388 g/mol. The summed E-state index contributed by atoms with van der Waals surface area (Å²) in [5.41, 5.74) is 9.51. The highest BCUT2D eigenvalue weighted by molar-refractivity contribution is 7.14. The van der Waals surface area contributed by atoms with Crippen molar-refractivity contribution in [1.29, 1.82) is 0 Å². The molecule has 1 saturated heterocycles. The van der Waals surface area contributed by atoms with Crippen LogP contribution in [0.4, 0.5) is 10.8 Å². The summed E-state index contributed by atoms with van der Waals surface area (Å²) in [6.07, 6.45) is 1.88. The minimum Gasteiger partial charge on any atom is -0.369 e. The summed E-state index contributed by atoms with van der Waals surface area (Å²) in [4.78, 5) is 31.5. The number of nitrogens with two attached hydrogens (primary N) is 1. The monoisotopic (exact) mass is 387 g/mol. The number of likely N-dealkylation sites (tertiary alicyclic amines) is 1. The van der Waals surface area contributed by atoms with Crippen LogP contribution in [-0.2, 0) is 16.1 Å². The number of nitrogens with zero attached hydrogens (tertiary/aromatic N) is 2. The maximum atomic E-state index is 12.3. The standard InChI is InChI=1S/C20H26N4O2S/c1-13-6-7-18(14(2)9-13)24(15(3)25)20-22-17(12-27-20)11-23-8-4-5-16(10-23)19(21)26/h6-7,9,12,16H,4-5,8,10-11H2,1-3H3,(H2,21,26)/p+1/t16-/m0/s1. The molecule has 1 aromatic heterocycles. The fourth-order valence-electron chi connectivity index (χ4n) is 3.75. The van der Waals surface area contributed by atoms with Crippen LogP contribution in [0, 0.1) is 19.8 Å². The molecule has 0 aliphatic carbocycles. The van der Waals surface area contributed by atoms with Crippen molar-refractivity contribution in [1.82, 2.24) is 4.98 Å². The van der Waals surface area contributed by atoms with Crippen LogP contribution in [0.5, 0.6) is 0 Å². The number of nitrogens with one attached hydrogen (secondary N) is 1. The highest BCUT2D eigenvalue weighted by Crippen LogP contribution is 2.31. The van der Waals surface area contributed by atoms with E-state index in [2.05, 4.69) is 6.07 Å². The van der Waals surface area contributed by atoms with Crippen LogP contribution in [0.1, 0.15) is 36.6 Å². The normalized spacial score (nSPS) is 19.7. The molecule has 144 valence electrons. The van der Waals surface area contributed by atoms with Crippen molar-refractivity contribution in [3.63, 3.8) is 0 Å². The molecule has 2 atom stereocenters. The van der Waals surface area contributed by atoms with E-state index in [1.807, 2.05) is 31.4 Å². The maximum Gasteiger partial charge on any atom is 0.230 e. The Bertz CT molecular complexity index is 848. The average Bonchev–Trinajstić information content (AvgIpc) is 3.05. The largest absolute Gasteiger partial charge is 0.369 e. The summed E-state index contributed by atoms with van der Waals surface area (Å²) < 4.78 is 0. The molecule has 0 bridgehead atoms. The number of rotatable bonds is 5. The Hall–Kier alpha value is -2.25. The first kappa shape index (κ1) is 19.5. The minimum absolute atomic E-state index is 0.0456. The predicted molar refractivity (Wildman–Crippen MR) is 107 cm³/mol. The molecule has 1 unspecified atom stereocenters. The van der Waals surface area contributed by atoms with E-state index in [1.54, 1.807) is 11.8 Å². The molecule has 1 fully saturated rings. The first-order chi connectivity index (χ1) is 12.8. The lowest BCUT2D eigenvalue weighted by molar-refractivity contribution is -0.921. The van der Waals surface area contributed by atoms with Crippen molar-refractivity contribution < 1.29 is 14.5 Å². The second-order valence-corrected chi connectivity index (χ2v) is 8.22. The lowest BCUT2D eigenvalue weighted by atomic mass is 9.97. The summed E-state index contributed by atoms with van der Waals surface area (Å²) in [6.45, 7) is 8.14. The molecule has 0 radical (unpaired) electrons. The minimum atomic E-state index is -0.205. The molecule has 27 heavy (non-hydrogen) atoms. The maximum absolute atomic E-state index is 12.3. The van der Waals surface area contributed by atoms with E-state index in [0.29, 0.717) is 5.13 Å². The highest BCUT2D eigenvalue weighted by Gasteiger charge is 2.28. The van der Waals surface area contributed by atoms with Gasteiger partial charge in [-0.15, -0.1) is 11.3 Å². The third-order valence-electron chi connectivity index (χ3n) is 5.09. The third-order valence-corrected chi connectivity index (χ3v) is 5.97. The van der Waals surface area contributed by atoms with Crippen molar-refractivity contribution in [2.24, 2.45) is 11.7 Å². The number of carbonyl (C=O) groups is 2. The zero-order valence-electron chi connectivity index (χ0n) is 16.1. The quantitative estimate of drug-likeness (QED) is 0.820. The van der Waals surface area contributed by atoms with Gasteiger partial charge in [-0.05, 0) is 38.3 Å². The Labute approximate surface area is 164 Å². The first-order valence-corrected chi connectivity index (χ1v) is 10.2. The van der Waals surface area contributed by atoms with Gasteiger partial charge in [-0.1, -0.05) is 17.7 Å². The van der Waals surface area contributed by atoms with Crippen LogP contribution >= 0.6 is 11.3 Å². The molecule has 2 heterocycles. The Morgan fingerprint density at radius 1 is 1.37 bits per heavy atom. The highest BCUT2D eigenvalue weighted by atomic mass is 32.1. The van der Waals surface area contributed by atoms with Crippen LogP contribution in [0.15, 0.2) is 23.6 Å². The van der Waals surface area contributed by atoms with Crippen molar-refractivity contribution in [3.8, 4) is 0 Å². The smallest absolute Gasteiger partial charge is 0.230 e. The molecule has 0 saturated carbocycles. The van der Waals surface area contributed by atoms with E-state index < -0.39 is 0 Å². The zero-order valence-corrected chi connectivity index (χ0v) is 16.9. The van der Waals surface area contributed by atoms with Gasteiger partial charge in [-0.2, -0.15) is 0 Å². The van der Waals surface area contributed by atoms with Crippen LogP contribution in [0.25, 0.3) is 0 Å². The number of benzene rings is 1. The van der Waals surface area contributed by atoms with Gasteiger partial charge in [0.05, 0.1) is 24.7 Å². The van der Waals surface area contributed by atoms with Crippen LogP contribution < -0.4 is 15.5 Å². The van der Waals surface area contributed by atoms with E-state index in [-0.39, 0.29) is 17.7 Å². The number of anilines is 2. The van der Waals surface area contributed by atoms with Crippen LogP contribution in [0.3, 0.4) is 0 Å². The van der Waals surface area contributed by atoms with Gasteiger partial charge >= 0.3 is 0 Å². The topological polar surface area (TPSA) is 80.7 Å². The predicted octanol–water partition coefficient (Wildman–Crippen LogP) is 1.72. The summed E-state index contributed by atoms with van der Waals surface area (Å²) in [7, 11) is 0. The van der Waals surface area contributed by atoms with Crippen molar-refractivity contribution in [2.75, 3.05) is 18.0 Å². The van der Waals surface area contributed by atoms with Gasteiger partial charge in [0, 0.05) is 12.3 Å². The van der Waals surface area contributed by atoms with Gasteiger partial charge in [0.2, 0.25) is 11.8 Å². The number of thiazole rings is 1. The number of piperidine rings is 1. The van der Waals surface area contributed by atoms with Crippen LogP contribution in [0.2, 0.25) is 0 Å². The van der Waals surface area contributed by atoms with Gasteiger partial charge in [-0.3, -0.25) is 14.5 Å². The van der Waals surface area contributed by atoms with Gasteiger partial charge in [0.15, 0.2) is 5.13 Å². The number of hydrogen-bond acceptors (Lipinski definition) is 4. The molecule has 3 N–H and O–H groups in total. The molecule has 6 nitrogen and oxygen atoms in total. The second-order valence-electron chi connectivity index (χ2n) is 7.39. The third kappa shape index (κ3) is 4.54. The summed E-state index contributed by atoms with van der Waals surface area (Å²) in [5, 5.41) is 2.70. The van der Waals surface area contributed by atoms with E-state index in [4.69, 9.17) is 10.7 Å².